The number of rotatable bonds is 5. The maximum absolute atomic E-state index is 11.8. The molecule has 1 aliphatic rings. The van der Waals surface area contributed by atoms with Gasteiger partial charge in [0.15, 0.2) is 9.84 Å². The van der Waals surface area contributed by atoms with Gasteiger partial charge in [0.1, 0.15) is 0 Å². The lowest BCUT2D eigenvalue weighted by molar-refractivity contribution is 0.179. The molecule has 2 atom stereocenters. The first-order valence-corrected chi connectivity index (χ1v) is 7.15. The van der Waals surface area contributed by atoms with Crippen molar-refractivity contribution in [3.05, 3.63) is 0 Å². The van der Waals surface area contributed by atoms with Gasteiger partial charge in [0.2, 0.25) is 0 Å². The summed E-state index contributed by atoms with van der Waals surface area (Å²) in [5.74, 6) is 0.554. The fraction of sp³-hybridized carbons (Fsp3) is 1.00. The summed E-state index contributed by atoms with van der Waals surface area (Å²) in [5.41, 5.74) is 0. The van der Waals surface area contributed by atoms with Crippen LogP contribution in [0.2, 0.25) is 0 Å². The highest BCUT2D eigenvalue weighted by Gasteiger charge is 2.29. The number of sulfone groups is 1. The van der Waals surface area contributed by atoms with E-state index in [0.29, 0.717) is 12.5 Å². The number of hydrogen-bond acceptors (Lipinski definition) is 4. The van der Waals surface area contributed by atoms with Gasteiger partial charge < -0.3 is 10.1 Å². The maximum atomic E-state index is 11.8. The van der Waals surface area contributed by atoms with Crippen LogP contribution >= 0.6 is 0 Å². The molecule has 0 radical (unpaired) electrons. The van der Waals surface area contributed by atoms with E-state index < -0.39 is 9.84 Å². The van der Waals surface area contributed by atoms with Crippen LogP contribution in [0, 0.1) is 5.92 Å². The van der Waals surface area contributed by atoms with E-state index in [-0.39, 0.29) is 17.0 Å². The molecule has 1 heterocycles. The second-order valence-electron chi connectivity index (χ2n) is 4.40. The second kappa shape index (κ2) is 5.27. The lowest BCUT2D eigenvalue weighted by Crippen LogP contribution is -2.41. The molecular weight excluding hydrogens is 214 g/mol. The van der Waals surface area contributed by atoms with Gasteiger partial charge in [-0.1, -0.05) is 0 Å². The SMILES string of the molecule is CNC(CS(=O)(=O)C(C)C)C1CCOC1. The van der Waals surface area contributed by atoms with Gasteiger partial charge in [-0.3, -0.25) is 0 Å². The third kappa shape index (κ3) is 3.43. The first kappa shape index (κ1) is 12.9. The van der Waals surface area contributed by atoms with Crippen LogP contribution in [0.3, 0.4) is 0 Å². The van der Waals surface area contributed by atoms with Crippen LogP contribution in [0.15, 0.2) is 0 Å². The Hall–Kier alpha value is -0.130. The van der Waals surface area contributed by atoms with Gasteiger partial charge >= 0.3 is 0 Å². The Morgan fingerprint density at radius 3 is 2.53 bits per heavy atom. The standard InChI is InChI=1S/C10H21NO3S/c1-8(2)15(12,13)7-10(11-3)9-4-5-14-6-9/h8-11H,4-7H2,1-3H3. The summed E-state index contributed by atoms with van der Waals surface area (Å²) in [5, 5.41) is 2.80. The Morgan fingerprint density at radius 2 is 2.13 bits per heavy atom. The number of hydrogen-bond donors (Lipinski definition) is 1. The molecule has 1 rings (SSSR count). The minimum Gasteiger partial charge on any atom is -0.381 e. The first-order chi connectivity index (χ1) is 6.97. The van der Waals surface area contributed by atoms with Crippen molar-refractivity contribution < 1.29 is 13.2 Å². The highest BCUT2D eigenvalue weighted by Crippen LogP contribution is 2.18. The Balaban J connectivity index is 2.60. The molecule has 1 fully saturated rings. The quantitative estimate of drug-likeness (QED) is 0.751. The van der Waals surface area contributed by atoms with E-state index in [1.165, 1.54) is 0 Å². The molecule has 1 N–H and O–H groups in total. The molecule has 0 spiro atoms. The Labute approximate surface area is 92.3 Å². The van der Waals surface area contributed by atoms with E-state index in [1.807, 2.05) is 7.05 Å². The molecule has 1 aliphatic heterocycles. The first-order valence-electron chi connectivity index (χ1n) is 5.44. The normalized spacial score (nSPS) is 24.7. The van der Waals surface area contributed by atoms with Crippen LogP contribution in [0.4, 0.5) is 0 Å². The Morgan fingerprint density at radius 1 is 1.47 bits per heavy atom. The summed E-state index contributed by atoms with van der Waals surface area (Å²) in [4.78, 5) is 0. The molecule has 0 aliphatic carbocycles. The molecule has 1 saturated heterocycles. The molecule has 90 valence electrons. The smallest absolute Gasteiger partial charge is 0.154 e. The average Bonchev–Trinajstić information content (AvgIpc) is 2.66. The zero-order valence-electron chi connectivity index (χ0n) is 9.69. The van der Waals surface area contributed by atoms with E-state index in [4.69, 9.17) is 4.74 Å². The van der Waals surface area contributed by atoms with E-state index in [0.717, 1.165) is 13.0 Å². The van der Waals surface area contributed by atoms with Crippen LogP contribution in [-0.4, -0.2) is 45.7 Å². The van der Waals surface area contributed by atoms with Crippen molar-refractivity contribution in [1.29, 1.82) is 0 Å². The summed E-state index contributed by atoms with van der Waals surface area (Å²) in [6, 6.07) is 0.0277. The molecule has 0 aromatic rings. The number of nitrogens with one attached hydrogen (secondary N) is 1. The van der Waals surface area contributed by atoms with Gasteiger partial charge in [0.05, 0.1) is 17.6 Å². The van der Waals surface area contributed by atoms with Crippen molar-refractivity contribution in [3.8, 4) is 0 Å². The fourth-order valence-corrected chi connectivity index (χ4v) is 3.09. The minimum absolute atomic E-state index is 0.0277. The molecule has 0 aromatic carbocycles. The monoisotopic (exact) mass is 235 g/mol. The van der Waals surface area contributed by atoms with E-state index in [9.17, 15) is 8.42 Å². The largest absolute Gasteiger partial charge is 0.381 e. The highest BCUT2D eigenvalue weighted by atomic mass is 32.2. The predicted molar refractivity (Wildman–Crippen MR) is 60.7 cm³/mol. The third-order valence-corrected chi connectivity index (χ3v) is 5.30. The van der Waals surface area contributed by atoms with Crippen LogP contribution in [0.25, 0.3) is 0 Å². The van der Waals surface area contributed by atoms with Crippen LogP contribution < -0.4 is 5.32 Å². The van der Waals surface area contributed by atoms with Crippen molar-refractivity contribution in [2.24, 2.45) is 5.92 Å². The lowest BCUT2D eigenvalue weighted by atomic mass is 10.0. The molecule has 2 unspecified atom stereocenters. The molecule has 0 amide bonds. The maximum Gasteiger partial charge on any atom is 0.154 e. The van der Waals surface area contributed by atoms with Gasteiger partial charge in [-0.05, 0) is 27.3 Å². The summed E-state index contributed by atoms with van der Waals surface area (Å²) >= 11 is 0. The average molecular weight is 235 g/mol. The van der Waals surface area contributed by atoms with Crippen molar-refractivity contribution in [3.63, 3.8) is 0 Å². The van der Waals surface area contributed by atoms with Crippen molar-refractivity contribution in [2.75, 3.05) is 26.0 Å². The molecule has 15 heavy (non-hydrogen) atoms. The van der Waals surface area contributed by atoms with Crippen LogP contribution in [0.5, 0.6) is 0 Å². The topological polar surface area (TPSA) is 55.4 Å². The van der Waals surface area contributed by atoms with Crippen molar-refractivity contribution in [1.82, 2.24) is 5.32 Å². The van der Waals surface area contributed by atoms with Crippen molar-refractivity contribution >= 4 is 9.84 Å². The zero-order chi connectivity index (χ0) is 11.5. The van der Waals surface area contributed by atoms with E-state index in [1.54, 1.807) is 13.8 Å². The van der Waals surface area contributed by atoms with Crippen LogP contribution in [0.1, 0.15) is 20.3 Å². The molecule has 5 heteroatoms. The van der Waals surface area contributed by atoms with Gasteiger partial charge in [-0.25, -0.2) is 8.42 Å². The lowest BCUT2D eigenvalue weighted by Gasteiger charge is -2.22. The molecular formula is C10H21NO3S. The molecule has 4 nitrogen and oxygen atoms in total. The summed E-state index contributed by atoms with van der Waals surface area (Å²) in [7, 11) is -1.15. The van der Waals surface area contributed by atoms with Gasteiger partial charge in [-0.15, -0.1) is 0 Å². The summed E-state index contributed by atoms with van der Waals surface area (Å²) in [6.45, 7) is 4.89. The highest BCUT2D eigenvalue weighted by molar-refractivity contribution is 7.92. The fourth-order valence-electron chi connectivity index (χ4n) is 1.77. The summed E-state index contributed by atoms with van der Waals surface area (Å²) in [6.07, 6.45) is 0.957. The number of ether oxygens (including phenoxy) is 1. The summed E-state index contributed by atoms with van der Waals surface area (Å²) < 4.78 is 28.8. The third-order valence-electron chi connectivity index (χ3n) is 3.03. The van der Waals surface area contributed by atoms with Gasteiger partial charge in [-0.2, -0.15) is 0 Å². The van der Waals surface area contributed by atoms with Gasteiger partial charge in [0.25, 0.3) is 0 Å². The molecule has 0 aromatic heterocycles. The minimum atomic E-state index is -2.96. The Kier molecular flexibility index (Phi) is 4.55. The van der Waals surface area contributed by atoms with Crippen LogP contribution in [-0.2, 0) is 14.6 Å². The van der Waals surface area contributed by atoms with Crippen molar-refractivity contribution in [2.45, 2.75) is 31.6 Å². The molecule has 0 bridgehead atoms. The Bertz CT molecular complexity index is 281. The van der Waals surface area contributed by atoms with E-state index >= 15 is 0 Å². The van der Waals surface area contributed by atoms with E-state index in [2.05, 4.69) is 5.32 Å². The second-order valence-corrected chi connectivity index (χ2v) is 7.00. The van der Waals surface area contributed by atoms with Gasteiger partial charge in [0, 0.05) is 18.6 Å². The zero-order valence-corrected chi connectivity index (χ0v) is 10.5. The predicted octanol–water partition coefficient (Wildman–Crippen LogP) is 0.434. The molecule has 0 saturated carbocycles.